The van der Waals surface area contributed by atoms with E-state index in [1.54, 1.807) is 0 Å². The SMILES string of the molecule is C/C(O)=c1\cc2nnc(=O)c3ccc(F)c([nH]1)c3-2. The van der Waals surface area contributed by atoms with E-state index in [1.807, 2.05) is 0 Å². The van der Waals surface area contributed by atoms with Gasteiger partial charge < -0.3 is 10.1 Å². The third kappa shape index (κ3) is 1.35. The quantitative estimate of drug-likeness (QED) is 0.618. The molecule has 0 aliphatic carbocycles. The van der Waals surface area contributed by atoms with Crippen molar-refractivity contribution in [2.45, 2.75) is 6.92 Å². The minimum atomic E-state index is -0.511. The Hall–Kier alpha value is -2.50. The van der Waals surface area contributed by atoms with Crippen LogP contribution in [0.1, 0.15) is 6.92 Å². The number of aromatic nitrogens is 3. The molecule has 2 heterocycles. The Balaban J connectivity index is 2.68. The summed E-state index contributed by atoms with van der Waals surface area (Å²) in [7, 11) is 0. The van der Waals surface area contributed by atoms with Gasteiger partial charge in [0.2, 0.25) is 0 Å². The van der Waals surface area contributed by atoms with Gasteiger partial charge in [-0.2, -0.15) is 0 Å². The van der Waals surface area contributed by atoms with E-state index in [9.17, 15) is 14.3 Å². The number of hydrogen-bond donors (Lipinski definition) is 2. The second-order valence-electron chi connectivity index (χ2n) is 4.00. The van der Waals surface area contributed by atoms with Crippen molar-refractivity contribution in [3.63, 3.8) is 0 Å². The smallest absolute Gasteiger partial charge is 0.296 e. The Morgan fingerprint density at radius 2 is 2.17 bits per heavy atom. The third-order valence-electron chi connectivity index (χ3n) is 2.82. The minimum absolute atomic E-state index is 0.00468. The predicted octanol–water partition coefficient (Wildman–Crippen LogP) is 0.967. The van der Waals surface area contributed by atoms with Gasteiger partial charge in [-0.3, -0.25) is 4.79 Å². The molecule has 0 radical (unpaired) electrons. The molecule has 0 aromatic heterocycles. The Morgan fingerprint density at radius 1 is 1.39 bits per heavy atom. The first-order valence-corrected chi connectivity index (χ1v) is 5.25. The lowest BCUT2D eigenvalue weighted by Gasteiger charge is -2.09. The number of pyridine rings is 1. The van der Waals surface area contributed by atoms with Crippen molar-refractivity contribution in [3.8, 4) is 11.3 Å². The van der Waals surface area contributed by atoms with Gasteiger partial charge in [-0.25, -0.2) is 4.39 Å². The Morgan fingerprint density at radius 3 is 2.89 bits per heavy atom. The minimum Gasteiger partial charge on any atom is -0.510 e. The number of benzene rings is 1. The van der Waals surface area contributed by atoms with E-state index in [-0.39, 0.29) is 11.3 Å². The van der Waals surface area contributed by atoms with Crippen molar-refractivity contribution in [3.05, 3.63) is 39.7 Å². The van der Waals surface area contributed by atoms with Crippen LogP contribution in [0.15, 0.2) is 23.0 Å². The molecule has 2 aliphatic rings. The number of aliphatic hydroxyl groups excluding tert-OH is 1. The van der Waals surface area contributed by atoms with E-state index in [0.717, 1.165) is 0 Å². The zero-order valence-corrected chi connectivity index (χ0v) is 9.36. The van der Waals surface area contributed by atoms with Crippen LogP contribution in [-0.4, -0.2) is 20.3 Å². The van der Waals surface area contributed by atoms with Gasteiger partial charge in [0.05, 0.1) is 21.9 Å². The van der Waals surface area contributed by atoms with Gasteiger partial charge in [0.1, 0.15) is 11.6 Å². The molecule has 1 aromatic carbocycles. The van der Waals surface area contributed by atoms with Crippen LogP contribution in [0.5, 0.6) is 0 Å². The van der Waals surface area contributed by atoms with Crippen LogP contribution in [0.2, 0.25) is 0 Å². The van der Waals surface area contributed by atoms with Gasteiger partial charge in [0, 0.05) is 5.56 Å². The van der Waals surface area contributed by atoms with Crippen molar-refractivity contribution in [2.24, 2.45) is 0 Å². The molecule has 0 fully saturated rings. The summed E-state index contributed by atoms with van der Waals surface area (Å²) in [6.45, 7) is 1.47. The normalized spacial score (nSPS) is 13.2. The zero-order chi connectivity index (χ0) is 12.9. The van der Waals surface area contributed by atoms with Crippen LogP contribution < -0.4 is 10.9 Å². The number of hydrogen-bond acceptors (Lipinski definition) is 4. The first-order chi connectivity index (χ1) is 8.58. The van der Waals surface area contributed by atoms with Gasteiger partial charge in [-0.1, -0.05) is 0 Å². The lowest BCUT2D eigenvalue weighted by Crippen LogP contribution is -2.18. The number of halogens is 1. The molecule has 2 N–H and O–H groups in total. The van der Waals surface area contributed by atoms with Crippen molar-refractivity contribution in [1.82, 2.24) is 15.2 Å². The number of nitrogens with zero attached hydrogens (tertiary/aromatic N) is 2. The zero-order valence-electron chi connectivity index (χ0n) is 9.36. The van der Waals surface area contributed by atoms with Gasteiger partial charge >= 0.3 is 0 Å². The van der Waals surface area contributed by atoms with Gasteiger partial charge in [-0.05, 0) is 25.1 Å². The summed E-state index contributed by atoms with van der Waals surface area (Å²) in [6, 6.07) is 4.09. The Kier molecular flexibility index (Phi) is 2.07. The standard InChI is InChI=1S/C12H8FN3O2/c1-5(17)8-4-9-10-6(12(18)16-15-9)2-3-7(13)11(10)14-8/h2-4,14,17H,1H3/b8-5-. The van der Waals surface area contributed by atoms with Gasteiger partial charge in [0.25, 0.3) is 5.56 Å². The summed E-state index contributed by atoms with van der Waals surface area (Å²) >= 11 is 0. The Labute approximate surface area is 99.9 Å². The van der Waals surface area contributed by atoms with Crippen LogP contribution in [0, 0.1) is 5.82 Å². The average molecular weight is 245 g/mol. The number of rotatable bonds is 0. The van der Waals surface area contributed by atoms with Crippen LogP contribution in [-0.2, 0) is 0 Å². The number of aliphatic hydroxyl groups is 1. The molecule has 0 bridgehead atoms. The lowest BCUT2D eigenvalue weighted by molar-refractivity contribution is 0.496. The van der Waals surface area contributed by atoms with Crippen LogP contribution in [0.25, 0.3) is 27.9 Å². The van der Waals surface area contributed by atoms with Crippen LogP contribution in [0.4, 0.5) is 4.39 Å². The molecule has 0 amide bonds. The van der Waals surface area contributed by atoms with Crippen molar-refractivity contribution >= 4 is 16.7 Å². The molecule has 0 atom stereocenters. The van der Waals surface area contributed by atoms with Gasteiger partial charge in [0.15, 0.2) is 0 Å². The monoisotopic (exact) mass is 245 g/mol. The molecule has 18 heavy (non-hydrogen) atoms. The maximum Gasteiger partial charge on any atom is 0.296 e. The molecule has 90 valence electrons. The van der Waals surface area contributed by atoms with Crippen molar-refractivity contribution in [2.75, 3.05) is 0 Å². The molecule has 0 spiro atoms. The first-order valence-electron chi connectivity index (χ1n) is 5.25. The molecule has 0 saturated carbocycles. The molecular weight excluding hydrogens is 237 g/mol. The van der Waals surface area contributed by atoms with Crippen molar-refractivity contribution < 1.29 is 9.50 Å². The van der Waals surface area contributed by atoms with E-state index in [0.29, 0.717) is 22.0 Å². The molecule has 5 nitrogen and oxygen atoms in total. The van der Waals surface area contributed by atoms with Crippen LogP contribution >= 0.6 is 0 Å². The molecule has 3 rings (SSSR count). The second-order valence-corrected chi connectivity index (χ2v) is 4.00. The maximum atomic E-state index is 13.8. The van der Waals surface area contributed by atoms with E-state index >= 15 is 0 Å². The summed E-state index contributed by atoms with van der Waals surface area (Å²) in [4.78, 5) is 14.3. The maximum absolute atomic E-state index is 13.8. The summed E-state index contributed by atoms with van der Waals surface area (Å²) < 4.78 is 13.8. The number of aromatic amines is 1. The first kappa shape index (κ1) is 10.6. The highest BCUT2D eigenvalue weighted by Crippen LogP contribution is 2.27. The highest BCUT2D eigenvalue weighted by atomic mass is 19.1. The predicted molar refractivity (Wildman–Crippen MR) is 63.7 cm³/mol. The van der Waals surface area contributed by atoms with Crippen molar-refractivity contribution in [1.29, 1.82) is 0 Å². The third-order valence-corrected chi connectivity index (χ3v) is 2.82. The fraction of sp³-hybridized carbons (Fsp3) is 0.0833. The molecule has 1 aromatic rings. The highest BCUT2D eigenvalue weighted by Gasteiger charge is 2.17. The molecular formula is C12H8FN3O2. The molecule has 2 aliphatic heterocycles. The molecule has 6 heteroatoms. The van der Waals surface area contributed by atoms with E-state index in [4.69, 9.17) is 0 Å². The van der Waals surface area contributed by atoms with E-state index in [2.05, 4.69) is 15.2 Å². The second kappa shape index (κ2) is 3.49. The summed E-state index contributed by atoms with van der Waals surface area (Å²) in [5.41, 5.74) is 0.389. The number of H-pyrrole nitrogens is 1. The summed E-state index contributed by atoms with van der Waals surface area (Å²) in [6.07, 6.45) is 0. The highest BCUT2D eigenvalue weighted by molar-refractivity contribution is 5.93. The molecule has 0 unspecified atom stereocenters. The van der Waals surface area contributed by atoms with E-state index in [1.165, 1.54) is 25.1 Å². The average Bonchev–Trinajstić information content (AvgIpc) is 2.35. The molecule has 0 saturated heterocycles. The topological polar surface area (TPSA) is 78.9 Å². The number of nitrogens with one attached hydrogen (secondary N) is 1. The van der Waals surface area contributed by atoms with E-state index < -0.39 is 11.4 Å². The Bertz CT molecular complexity index is 837. The largest absolute Gasteiger partial charge is 0.510 e. The lowest BCUT2D eigenvalue weighted by atomic mass is 10.0. The summed E-state index contributed by atoms with van der Waals surface area (Å²) in [5.74, 6) is -0.506. The van der Waals surface area contributed by atoms with Crippen LogP contribution in [0.3, 0.4) is 0 Å². The fourth-order valence-electron chi connectivity index (χ4n) is 1.95. The summed E-state index contributed by atoms with van der Waals surface area (Å²) in [5, 5.41) is 17.3. The van der Waals surface area contributed by atoms with Gasteiger partial charge in [-0.15, -0.1) is 10.2 Å². The fourth-order valence-corrected chi connectivity index (χ4v) is 1.95.